The predicted molar refractivity (Wildman–Crippen MR) is 99.2 cm³/mol. The molecular weight excluding hydrogens is 344 g/mol. The summed E-state index contributed by atoms with van der Waals surface area (Å²) in [5, 5.41) is 2.85. The number of nitrogens with zero attached hydrogens (tertiary/aromatic N) is 3. The van der Waals surface area contributed by atoms with E-state index in [1.165, 1.54) is 6.26 Å². The summed E-state index contributed by atoms with van der Waals surface area (Å²) in [4.78, 5) is 19.3. The third-order valence-corrected chi connectivity index (χ3v) is 4.79. The van der Waals surface area contributed by atoms with E-state index in [0.717, 1.165) is 48.8 Å². The third kappa shape index (κ3) is 3.02. The zero-order valence-corrected chi connectivity index (χ0v) is 14.6. The lowest BCUT2D eigenvalue weighted by molar-refractivity contribution is 0.0996. The first-order chi connectivity index (χ1) is 13.3. The molecule has 0 aliphatic carbocycles. The molecule has 0 saturated heterocycles. The van der Waals surface area contributed by atoms with Gasteiger partial charge in [-0.15, -0.1) is 0 Å². The first kappa shape index (κ1) is 15.9. The fourth-order valence-electron chi connectivity index (χ4n) is 3.51. The smallest absolute Gasteiger partial charge is 0.291 e. The maximum absolute atomic E-state index is 12.2. The number of anilines is 1. The SMILES string of the molecule is O=C(Nc1ccc2c(c1)nc1n2CCN(Cc2ccco2)C1)c1ccco1. The number of amides is 1. The molecule has 1 amide bonds. The molecule has 27 heavy (non-hydrogen) atoms. The Morgan fingerprint density at radius 1 is 1.11 bits per heavy atom. The lowest BCUT2D eigenvalue weighted by atomic mass is 10.2. The number of hydrogen-bond donors (Lipinski definition) is 1. The Morgan fingerprint density at radius 2 is 2.00 bits per heavy atom. The average molecular weight is 362 g/mol. The van der Waals surface area contributed by atoms with Gasteiger partial charge in [-0.3, -0.25) is 9.69 Å². The Hall–Kier alpha value is -3.32. The van der Waals surface area contributed by atoms with Crippen LogP contribution in [0, 0.1) is 0 Å². The summed E-state index contributed by atoms with van der Waals surface area (Å²) in [6.07, 6.45) is 3.18. The van der Waals surface area contributed by atoms with Crippen molar-refractivity contribution in [3.05, 3.63) is 72.3 Å². The van der Waals surface area contributed by atoms with Gasteiger partial charge >= 0.3 is 0 Å². The minimum atomic E-state index is -0.270. The van der Waals surface area contributed by atoms with Gasteiger partial charge in [0, 0.05) is 18.8 Å². The summed E-state index contributed by atoms with van der Waals surface area (Å²) in [5.74, 6) is 2.00. The minimum Gasteiger partial charge on any atom is -0.468 e. The molecule has 136 valence electrons. The molecule has 0 saturated carbocycles. The van der Waals surface area contributed by atoms with Gasteiger partial charge in [-0.1, -0.05) is 0 Å². The quantitative estimate of drug-likeness (QED) is 0.601. The standard InChI is InChI=1S/C20H18N4O3/c25-20(18-4-2-10-27-18)21-14-5-6-17-16(11-14)22-19-13-23(7-8-24(17)19)12-15-3-1-9-26-15/h1-6,9-11H,7-8,12-13H2,(H,21,25). The maximum atomic E-state index is 12.2. The van der Waals surface area contributed by atoms with Crippen molar-refractivity contribution in [2.75, 3.05) is 11.9 Å². The van der Waals surface area contributed by atoms with Crippen molar-refractivity contribution in [1.82, 2.24) is 14.5 Å². The van der Waals surface area contributed by atoms with Crippen LogP contribution >= 0.6 is 0 Å². The first-order valence-electron chi connectivity index (χ1n) is 8.85. The Balaban J connectivity index is 1.37. The number of nitrogens with one attached hydrogen (secondary N) is 1. The molecule has 1 aromatic carbocycles. The van der Waals surface area contributed by atoms with Gasteiger partial charge in [0.15, 0.2) is 5.76 Å². The molecule has 4 heterocycles. The molecule has 0 spiro atoms. The van der Waals surface area contributed by atoms with Crippen LogP contribution < -0.4 is 5.32 Å². The van der Waals surface area contributed by atoms with Gasteiger partial charge in [0.2, 0.25) is 0 Å². The Morgan fingerprint density at radius 3 is 2.81 bits per heavy atom. The number of carbonyl (C=O) groups is 1. The highest BCUT2D eigenvalue weighted by Gasteiger charge is 2.21. The van der Waals surface area contributed by atoms with Crippen molar-refractivity contribution >= 4 is 22.6 Å². The highest BCUT2D eigenvalue weighted by atomic mass is 16.3. The number of carbonyl (C=O) groups excluding carboxylic acids is 1. The number of imidazole rings is 1. The first-order valence-corrected chi connectivity index (χ1v) is 8.85. The van der Waals surface area contributed by atoms with E-state index in [4.69, 9.17) is 13.8 Å². The second-order valence-corrected chi connectivity index (χ2v) is 6.60. The fourth-order valence-corrected chi connectivity index (χ4v) is 3.51. The van der Waals surface area contributed by atoms with Crippen LogP contribution in [0.5, 0.6) is 0 Å². The zero-order chi connectivity index (χ0) is 18.2. The molecule has 7 heteroatoms. The molecule has 4 aromatic rings. The molecule has 0 fully saturated rings. The summed E-state index contributed by atoms with van der Waals surface area (Å²) >= 11 is 0. The number of benzene rings is 1. The van der Waals surface area contributed by atoms with E-state index in [1.807, 2.05) is 30.3 Å². The highest BCUT2D eigenvalue weighted by Crippen LogP contribution is 2.25. The molecule has 7 nitrogen and oxygen atoms in total. The van der Waals surface area contributed by atoms with Gasteiger partial charge in [0.1, 0.15) is 11.6 Å². The normalized spacial score (nSPS) is 14.4. The number of furan rings is 2. The topological polar surface area (TPSA) is 76.4 Å². The molecule has 0 atom stereocenters. The van der Waals surface area contributed by atoms with E-state index in [9.17, 15) is 4.79 Å². The van der Waals surface area contributed by atoms with Crippen molar-refractivity contribution < 1.29 is 13.6 Å². The molecule has 0 unspecified atom stereocenters. The second-order valence-electron chi connectivity index (χ2n) is 6.60. The van der Waals surface area contributed by atoms with E-state index in [1.54, 1.807) is 18.4 Å². The monoisotopic (exact) mass is 362 g/mol. The molecule has 0 radical (unpaired) electrons. The lowest BCUT2D eigenvalue weighted by Crippen LogP contribution is -2.33. The van der Waals surface area contributed by atoms with E-state index in [2.05, 4.69) is 14.8 Å². The van der Waals surface area contributed by atoms with Crippen LogP contribution in [0.3, 0.4) is 0 Å². The van der Waals surface area contributed by atoms with Crippen molar-refractivity contribution in [2.45, 2.75) is 19.6 Å². The number of rotatable bonds is 4. The highest BCUT2D eigenvalue weighted by molar-refractivity contribution is 6.03. The molecule has 5 rings (SSSR count). The molecular formula is C20H18N4O3. The van der Waals surface area contributed by atoms with Crippen LogP contribution in [-0.4, -0.2) is 26.9 Å². The van der Waals surface area contributed by atoms with E-state index in [0.29, 0.717) is 5.69 Å². The van der Waals surface area contributed by atoms with Gasteiger partial charge < -0.3 is 18.7 Å². The molecule has 1 aliphatic rings. The summed E-state index contributed by atoms with van der Waals surface area (Å²) < 4.78 is 12.8. The summed E-state index contributed by atoms with van der Waals surface area (Å²) in [7, 11) is 0. The van der Waals surface area contributed by atoms with Crippen LogP contribution in [0.25, 0.3) is 11.0 Å². The third-order valence-electron chi connectivity index (χ3n) is 4.79. The number of hydrogen-bond acceptors (Lipinski definition) is 5. The second kappa shape index (κ2) is 6.44. The fraction of sp³-hybridized carbons (Fsp3) is 0.200. The van der Waals surface area contributed by atoms with Crippen LogP contribution in [0.2, 0.25) is 0 Å². The van der Waals surface area contributed by atoms with E-state index in [-0.39, 0.29) is 11.7 Å². The molecule has 0 bridgehead atoms. The van der Waals surface area contributed by atoms with Gasteiger partial charge in [0.25, 0.3) is 5.91 Å². The summed E-state index contributed by atoms with van der Waals surface area (Å²) in [6, 6.07) is 13.0. The predicted octanol–water partition coefficient (Wildman–Crippen LogP) is 3.49. The van der Waals surface area contributed by atoms with E-state index >= 15 is 0 Å². The Labute approximate surface area is 155 Å². The van der Waals surface area contributed by atoms with Crippen LogP contribution in [0.15, 0.2) is 63.8 Å². The van der Waals surface area contributed by atoms with Gasteiger partial charge in [-0.25, -0.2) is 4.98 Å². The molecule has 1 N–H and O–H groups in total. The van der Waals surface area contributed by atoms with Crippen LogP contribution in [-0.2, 0) is 19.6 Å². The summed E-state index contributed by atoms with van der Waals surface area (Å²) in [5.41, 5.74) is 2.66. The van der Waals surface area contributed by atoms with Gasteiger partial charge in [-0.2, -0.15) is 0 Å². The number of fused-ring (bicyclic) bond motifs is 3. The average Bonchev–Trinajstić information content (AvgIpc) is 3.42. The van der Waals surface area contributed by atoms with Crippen LogP contribution in [0.4, 0.5) is 5.69 Å². The number of aromatic nitrogens is 2. The zero-order valence-electron chi connectivity index (χ0n) is 14.6. The molecule has 1 aliphatic heterocycles. The Kier molecular flexibility index (Phi) is 3.79. The van der Waals surface area contributed by atoms with Gasteiger partial charge in [0.05, 0.1) is 36.6 Å². The van der Waals surface area contributed by atoms with Gasteiger partial charge in [-0.05, 0) is 42.5 Å². The maximum Gasteiger partial charge on any atom is 0.291 e. The van der Waals surface area contributed by atoms with E-state index < -0.39 is 0 Å². The van der Waals surface area contributed by atoms with Crippen molar-refractivity contribution in [3.63, 3.8) is 0 Å². The minimum absolute atomic E-state index is 0.270. The lowest BCUT2D eigenvalue weighted by Gasteiger charge is -2.26. The summed E-state index contributed by atoms with van der Waals surface area (Å²) in [6.45, 7) is 3.37. The molecule has 3 aromatic heterocycles. The van der Waals surface area contributed by atoms with Crippen molar-refractivity contribution in [1.29, 1.82) is 0 Å². The van der Waals surface area contributed by atoms with Crippen molar-refractivity contribution in [2.24, 2.45) is 0 Å². The van der Waals surface area contributed by atoms with Crippen molar-refractivity contribution in [3.8, 4) is 0 Å². The largest absolute Gasteiger partial charge is 0.468 e. The Bertz CT molecular complexity index is 1080. The van der Waals surface area contributed by atoms with Crippen LogP contribution in [0.1, 0.15) is 22.1 Å².